The van der Waals surface area contributed by atoms with Gasteiger partial charge in [0.1, 0.15) is 5.82 Å². The predicted molar refractivity (Wildman–Crippen MR) is 104 cm³/mol. The third-order valence-corrected chi connectivity index (χ3v) is 3.13. The van der Waals surface area contributed by atoms with E-state index in [4.69, 9.17) is 24.4 Å². The van der Waals surface area contributed by atoms with Gasteiger partial charge in [0.2, 0.25) is 5.11 Å². The van der Waals surface area contributed by atoms with Crippen LogP contribution in [0.15, 0.2) is 39.6 Å². The van der Waals surface area contributed by atoms with Crippen LogP contribution in [0.2, 0.25) is 0 Å². The van der Waals surface area contributed by atoms with Crippen molar-refractivity contribution < 1.29 is 4.39 Å². The van der Waals surface area contributed by atoms with E-state index in [0.717, 1.165) is 5.56 Å². The van der Waals surface area contributed by atoms with Crippen molar-refractivity contribution in [2.45, 2.75) is 13.8 Å². The number of hydrogen-bond acceptors (Lipinski definition) is 5. The van der Waals surface area contributed by atoms with Crippen LogP contribution in [0.25, 0.3) is 0 Å². The highest BCUT2D eigenvalue weighted by molar-refractivity contribution is 7.80. The van der Waals surface area contributed by atoms with Gasteiger partial charge in [-0.1, -0.05) is 12.1 Å². The van der Waals surface area contributed by atoms with Gasteiger partial charge in [-0.05, 0) is 56.0 Å². The fourth-order valence-corrected chi connectivity index (χ4v) is 1.37. The molecule has 24 heavy (non-hydrogen) atoms. The molecule has 0 aliphatic carbocycles. The monoisotopic (exact) mass is 366 g/mol. The van der Waals surface area contributed by atoms with Gasteiger partial charge in [0, 0.05) is 7.05 Å². The van der Waals surface area contributed by atoms with E-state index in [1.165, 1.54) is 18.3 Å². The van der Waals surface area contributed by atoms with Crippen LogP contribution in [0.3, 0.4) is 0 Å². The first-order valence-electron chi connectivity index (χ1n) is 6.83. The van der Waals surface area contributed by atoms with E-state index < -0.39 is 0 Å². The lowest BCUT2D eigenvalue weighted by molar-refractivity contribution is 0.628. The lowest BCUT2D eigenvalue weighted by atomic mass is 10.2. The van der Waals surface area contributed by atoms with Gasteiger partial charge in [-0.2, -0.15) is 15.3 Å². The fraction of sp³-hybridized carbons (Fsp3) is 0.214. The molecule has 0 radical (unpaired) electrons. The predicted octanol–water partition coefficient (Wildman–Crippen LogP) is 1.47. The fourth-order valence-electron chi connectivity index (χ4n) is 1.23. The van der Waals surface area contributed by atoms with E-state index in [-0.39, 0.29) is 10.9 Å². The van der Waals surface area contributed by atoms with E-state index in [2.05, 4.69) is 36.9 Å². The van der Waals surface area contributed by atoms with E-state index in [9.17, 15) is 4.39 Å². The topological polar surface area (TPSA) is 85.2 Å². The molecule has 0 aliphatic rings. The number of hydrazone groups is 3. The minimum Gasteiger partial charge on any atom is -0.364 e. The summed E-state index contributed by atoms with van der Waals surface area (Å²) in [6.45, 7) is 3.54. The van der Waals surface area contributed by atoms with Crippen molar-refractivity contribution in [1.29, 1.82) is 0 Å². The number of thiocarbonyl (C=S) groups is 2. The Morgan fingerprint density at radius 3 is 2.04 bits per heavy atom. The maximum atomic E-state index is 12.8. The SMILES string of the molecule is CNC(=S)N/N=C(C)/C(C)=N/NC(=S)N/N=C/c1ccc([18F])cc1. The van der Waals surface area contributed by atoms with E-state index in [1.807, 2.05) is 0 Å². The Kier molecular flexibility index (Phi) is 8.44. The van der Waals surface area contributed by atoms with Gasteiger partial charge in [0.15, 0.2) is 5.11 Å². The molecule has 1 aromatic carbocycles. The summed E-state index contributed by atoms with van der Waals surface area (Å²) in [6, 6.07) is 5.90. The van der Waals surface area contributed by atoms with Gasteiger partial charge in [0.25, 0.3) is 0 Å². The van der Waals surface area contributed by atoms with Crippen LogP contribution in [0.4, 0.5) is 4.39 Å². The number of rotatable bonds is 5. The molecule has 0 amide bonds. The van der Waals surface area contributed by atoms with Gasteiger partial charge >= 0.3 is 0 Å². The summed E-state index contributed by atoms with van der Waals surface area (Å²) in [7, 11) is 1.69. The molecule has 0 spiro atoms. The number of nitrogens with zero attached hydrogens (tertiary/aromatic N) is 3. The molecule has 0 saturated carbocycles. The summed E-state index contributed by atoms with van der Waals surface area (Å²) < 4.78 is 12.8. The Balaban J connectivity index is 2.46. The second-order valence-electron chi connectivity index (χ2n) is 4.45. The molecule has 4 N–H and O–H groups in total. The molecule has 0 heterocycles. The van der Waals surface area contributed by atoms with Crippen LogP contribution in [-0.2, 0) is 0 Å². The molecular formula is C14H18FN7S2. The summed E-state index contributed by atoms with van der Waals surface area (Å²) in [5, 5.41) is 15.4. The molecule has 0 fully saturated rings. The molecule has 1 aromatic rings. The Morgan fingerprint density at radius 2 is 1.50 bits per heavy atom. The third-order valence-electron chi connectivity index (χ3n) is 2.65. The Morgan fingerprint density at radius 1 is 0.958 bits per heavy atom. The average Bonchev–Trinajstić information content (AvgIpc) is 2.58. The molecule has 0 saturated heterocycles. The largest absolute Gasteiger partial charge is 0.364 e. The standard InChI is InChI=1S/C14H18FN7S2/c1-9(18-21-13(23)16-3)10(2)19-22-14(24)20-17-8-11-4-6-12(15)7-5-11/h4-8H,1-3H3,(H2,16,21,23)(H2,20,22,24)/b17-8+,18-9+,19-10+/i15-1. The van der Waals surface area contributed by atoms with Crippen LogP contribution >= 0.6 is 24.4 Å². The summed E-state index contributed by atoms with van der Waals surface area (Å²) >= 11 is 9.94. The molecule has 128 valence electrons. The van der Waals surface area contributed by atoms with Crippen molar-refractivity contribution in [2.75, 3.05) is 7.05 Å². The molecule has 1 rings (SSSR count). The smallest absolute Gasteiger partial charge is 0.207 e. The zero-order valence-electron chi connectivity index (χ0n) is 13.4. The van der Waals surface area contributed by atoms with Crippen molar-refractivity contribution >= 4 is 52.3 Å². The summed E-state index contributed by atoms with van der Waals surface area (Å²) in [5.41, 5.74) is 9.89. The summed E-state index contributed by atoms with van der Waals surface area (Å²) in [4.78, 5) is 0. The zero-order valence-corrected chi connectivity index (χ0v) is 15.1. The highest BCUT2D eigenvalue weighted by atomic mass is 32.1. The molecule has 0 atom stereocenters. The van der Waals surface area contributed by atoms with Crippen molar-refractivity contribution in [2.24, 2.45) is 15.3 Å². The molecule has 10 heteroatoms. The van der Waals surface area contributed by atoms with Crippen LogP contribution in [0, 0.1) is 5.82 Å². The van der Waals surface area contributed by atoms with Crippen LogP contribution in [0.1, 0.15) is 19.4 Å². The third kappa shape index (κ3) is 7.70. The molecule has 0 aliphatic heterocycles. The highest BCUT2D eigenvalue weighted by Crippen LogP contribution is 1.99. The molecule has 0 bridgehead atoms. The first kappa shape index (κ1) is 19.6. The summed E-state index contributed by atoms with van der Waals surface area (Å²) in [6.07, 6.45) is 1.51. The second kappa shape index (κ2) is 10.3. The van der Waals surface area contributed by atoms with Gasteiger partial charge in [0.05, 0.1) is 17.6 Å². The quantitative estimate of drug-likeness (QED) is 0.359. The molecule has 7 nitrogen and oxygen atoms in total. The van der Waals surface area contributed by atoms with Crippen molar-refractivity contribution in [3.8, 4) is 0 Å². The van der Waals surface area contributed by atoms with Gasteiger partial charge in [-0.25, -0.2) is 4.39 Å². The number of benzene rings is 1. The van der Waals surface area contributed by atoms with Gasteiger partial charge in [-0.15, -0.1) is 0 Å². The van der Waals surface area contributed by atoms with Crippen LogP contribution in [-0.4, -0.2) is 34.9 Å². The molecule has 0 unspecified atom stereocenters. The lowest BCUT2D eigenvalue weighted by Crippen LogP contribution is -2.31. The van der Waals surface area contributed by atoms with E-state index >= 15 is 0 Å². The van der Waals surface area contributed by atoms with E-state index in [1.54, 1.807) is 33.0 Å². The average molecular weight is 366 g/mol. The van der Waals surface area contributed by atoms with E-state index in [0.29, 0.717) is 16.5 Å². The minimum absolute atomic E-state index is 0.208. The Hall–Kier alpha value is -2.46. The number of hydrogen-bond donors (Lipinski definition) is 4. The molecular weight excluding hydrogens is 348 g/mol. The maximum Gasteiger partial charge on any atom is 0.207 e. The normalized spacial score (nSPS) is 12.0. The minimum atomic E-state index is -0.302. The van der Waals surface area contributed by atoms with Crippen molar-refractivity contribution in [3.63, 3.8) is 0 Å². The highest BCUT2D eigenvalue weighted by Gasteiger charge is 1.98. The van der Waals surface area contributed by atoms with Crippen LogP contribution in [0.5, 0.6) is 0 Å². The first-order valence-corrected chi connectivity index (χ1v) is 7.65. The van der Waals surface area contributed by atoms with Crippen molar-refractivity contribution in [3.05, 3.63) is 35.6 Å². The van der Waals surface area contributed by atoms with Gasteiger partial charge in [-0.3, -0.25) is 16.3 Å². The number of halogens is 1. The second-order valence-corrected chi connectivity index (χ2v) is 5.26. The van der Waals surface area contributed by atoms with Gasteiger partial charge < -0.3 is 5.32 Å². The Labute approximate surface area is 150 Å². The lowest BCUT2D eigenvalue weighted by Gasteiger charge is -2.05. The molecule has 0 aromatic heterocycles. The zero-order chi connectivity index (χ0) is 17.9. The first-order chi connectivity index (χ1) is 11.4. The van der Waals surface area contributed by atoms with Crippen molar-refractivity contribution in [1.82, 2.24) is 21.6 Å². The number of nitrogens with one attached hydrogen (secondary N) is 4. The Bertz CT molecular complexity index is 668. The maximum absolute atomic E-state index is 12.8. The van der Waals surface area contributed by atoms with Crippen LogP contribution < -0.4 is 21.6 Å². The summed E-state index contributed by atoms with van der Waals surface area (Å²) in [5.74, 6) is -0.302.